The van der Waals surface area contributed by atoms with Crippen molar-refractivity contribution in [2.24, 2.45) is 5.92 Å². The average molecular weight is 272 g/mol. The first-order valence-electron chi connectivity index (χ1n) is 6.12. The predicted octanol–water partition coefficient (Wildman–Crippen LogP) is 2.38. The van der Waals surface area contributed by atoms with E-state index in [-0.39, 0.29) is 17.5 Å². The highest BCUT2D eigenvalue weighted by Gasteiger charge is 2.24. The minimum absolute atomic E-state index is 0.219. The summed E-state index contributed by atoms with van der Waals surface area (Å²) < 4.78 is 39.2. The normalized spacial score (nSPS) is 17.5. The van der Waals surface area contributed by atoms with Crippen LogP contribution in [0, 0.1) is 23.4 Å². The topological polar surface area (TPSA) is 32.3 Å². The van der Waals surface area contributed by atoms with Crippen LogP contribution in [0.3, 0.4) is 0 Å². The van der Waals surface area contributed by atoms with Crippen molar-refractivity contribution < 1.29 is 18.0 Å². The molecule has 0 unspecified atom stereocenters. The second kappa shape index (κ2) is 5.61. The zero-order valence-corrected chi connectivity index (χ0v) is 10.5. The quantitative estimate of drug-likeness (QED) is 0.838. The highest BCUT2D eigenvalue weighted by Crippen LogP contribution is 2.22. The molecular weight excluding hydrogens is 257 g/mol. The Morgan fingerprint density at radius 1 is 1.21 bits per heavy atom. The molecule has 0 radical (unpaired) electrons. The number of nitrogens with zero attached hydrogens (tertiary/aromatic N) is 1. The van der Waals surface area contributed by atoms with E-state index in [1.165, 1.54) is 0 Å². The number of carbonyl (C=O) groups excluding carboxylic acids is 1. The van der Waals surface area contributed by atoms with E-state index < -0.39 is 17.5 Å². The van der Waals surface area contributed by atoms with E-state index in [0.717, 1.165) is 25.2 Å². The molecular formula is C13H15F3N2O. The zero-order chi connectivity index (χ0) is 14.0. The van der Waals surface area contributed by atoms with Crippen molar-refractivity contribution >= 4 is 11.6 Å². The summed E-state index contributed by atoms with van der Waals surface area (Å²) in [7, 11) is 1.96. The Bertz CT molecular complexity index is 485. The van der Waals surface area contributed by atoms with Gasteiger partial charge in [0, 0.05) is 5.92 Å². The highest BCUT2D eigenvalue weighted by molar-refractivity contribution is 5.92. The number of nitrogens with one attached hydrogen (secondary N) is 1. The van der Waals surface area contributed by atoms with Gasteiger partial charge in [-0.3, -0.25) is 4.79 Å². The van der Waals surface area contributed by atoms with Gasteiger partial charge in [-0.1, -0.05) is 0 Å². The molecule has 0 aromatic heterocycles. The lowest BCUT2D eigenvalue weighted by Gasteiger charge is -2.28. The standard InChI is InChI=1S/C13H15F3N2O/c1-18-6-4-8(5-7-18)13(19)17-10-3-2-9(14)11(15)12(10)16/h2-3,8H,4-7H2,1H3,(H,17,19). The molecule has 0 spiro atoms. The van der Waals surface area contributed by atoms with Gasteiger partial charge in [0.05, 0.1) is 5.69 Å². The van der Waals surface area contributed by atoms with Gasteiger partial charge in [-0.25, -0.2) is 13.2 Å². The Morgan fingerprint density at radius 3 is 2.47 bits per heavy atom. The second-order valence-corrected chi connectivity index (χ2v) is 4.79. The molecule has 6 heteroatoms. The maximum absolute atomic E-state index is 13.4. The first-order valence-corrected chi connectivity index (χ1v) is 6.12. The summed E-state index contributed by atoms with van der Waals surface area (Å²) in [4.78, 5) is 14.0. The first kappa shape index (κ1) is 13.9. The van der Waals surface area contributed by atoms with Gasteiger partial charge in [0.25, 0.3) is 0 Å². The summed E-state index contributed by atoms with van der Waals surface area (Å²) in [5, 5.41) is 2.32. The molecule has 19 heavy (non-hydrogen) atoms. The number of likely N-dealkylation sites (tertiary alicyclic amines) is 1. The van der Waals surface area contributed by atoms with Crippen molar-refractivity contribution in [1.82, 2.24) is 4.90 Å². The summed E-state index contributed by atoms with van der Waals surface area (Å²) in [5.41, 5.74) is -0.317. The average Bonchev–Trinajstić information content (AvgIpc) is 2.40. The molecule has 1 fully saturated rings. The Morgan fingerprint density at radius 2 is 1.84 bits per heavy atom. The van der Waals surface area contributed by atoms with Crippen LogP contribution >= 0.6 is 0 Å². The van der Waals surface area contributed by atoms with Gasteiger partial charge in [0.15, 0.2) is 17.5 Å². The molecule has 1 aliphatic rings. The number of anilines is 1. The van der Waals surface area contributed by atoms with E-state index in [2.05, 4.69) is 10.2 Å². The maximum Gasteiger partial charge on any atom is 0.227 e. The van der Waals surface area contributed by atoms with Crippen molar-refractivity contribution in [3.63, 3.8) is 0 Å². The number of halogens is 3. The molecule has 0 atom stereocenters. The van der Waals surface area contributed by atoms with Crippen LogP contribution in [0.25, 0.3) is 0 Å². The van der Waals surface area contributed by atoms with Crippen molar-refractivity contribution in [2.45, 2.75) is 12.8 Å². The summed E-state index contributed by atoms with van der Waals surface area (Å²) >= 11 is 0. The maximum atomic E-state index is 13.4. The van der Waals surface area contributed by atoms with Crippen LogP contribution < -0.4 is 5.32 Å². The fraction of sp³-hybridized carbons (Fsp3) is 0.462. The van der Waals surface area contributed by atoms with E-state index in [1.54, 1.807) is 0 Å². The summed E-state index contributed by atoms with van der Waals surface area (Å²) in [6, 6.07) is 1.82. The van der Waals surface area contributed by atoms with Gasteiger partial charge >= 0.3 is 0 Å². The monoisotopic (exact) mass is 272 g/mol. The number of carbonyl (C=O) groups is 1. The number of amides is 1. The van der Waals surface area contributed by atoms with Crippen LogP contribution in [-0.2, 0) is 4.79 Å². The first-order chi connectivity index (χ1) is 8.99. The van der Waals surface area contributed by atoms with Crippen LogP contribution in [0.2, 0.25) is 0 Å². The lowest BCUT2D eigenvalue weighted by atomic mass is 9.96. The Balaban J connectivity index is 2.05. The van der Waals surface area contributed by atoms with Gasteiger partial charge < -0.3 is 10.2 Å². The van der Waals surface area contributed by atoms with Crippen LogP contribution in [0.1, 0.15) is 12.8 Å². The molecule has 3 nitrogen and oxygen atoms in total. The van der Waals surface area contributed by atoms with Crippen molar-refractivity contribution in [2.75, 3.05) is 25.5 Å². The third-order valence-electron chi connectivity index (χ3n) is 3.38. The van der Waals surface area contributed by atoms with Crippen LogP contribution in [-0.4, -0.2) is 30.9 Å². The Hall–Kier alpha value is -1.56. The van der Waals surface area contributed by atoms with E-state index in [0.29, 0.717) is 12.8 Å². The molecule has 1 saturated heterocycles. The molecule has 104 valence electrons. The number of hydrogen-bond acceptors (Lipinski definition) is 2. The molecule has 2 rings (SSSR count). The molecule has 1 aromatic rings. The van der Waals surface area contributed by atoms with Crippen LogP contribution in [0.4, 0.5) is 18.9 Å². The second-order valence-electron chi connectivity index (χ2n) is 4.79. The van der Waals surface area contributed by atoms with Gasteiger partial charge in [0.1, 0.15) is 0 Å². The van der Waals surface area contributed by atoms with Crippen molar-refractivity contribution in [3.05, 3.63) is 29.6 Å². The largest absolute Gasteiger partial charge is 0.323 e. The van der Waals surface area contributed by atoms with Gasteiger partial charge in [0.2, 0.25) is 5.91 Å². The van der Waals surface area contributed by atoms with E-state index in [9.17, 15) is 18.0 Å². The number of benzene rings is 1. The molecule has 1 N–H and O–H groups in total. The SMILES string of the molecule is CN1CCC(C(=O)Nc2ccc(F)c(F)c2F)CC1. The minimum atomic E-state index is -1.57. The van der Waals surface area contributed by atoms with Gasteiger partial charge in [-0.2, -0.15) is 0 Å². The zero-order valence-electron chi connectivity index (χ0n) is 10.5. The van der Waals surface area contributed by atoms with Gasteiger partial charge in [-0.15, -0.1) is 0 Å². The minimum Gasteiger partial charge on any atom is -0.323 e. The molecule has 0 saturated carbocycles. The third kappa shape index (κ3) is 3.07. The van der Waals surface area contributed by atoms with E-state index >= 15 is 0 Å². The Labute approximate surface area is 109 Å². The molecule has 0 aliphatic carbocycles. The lowest BCUT2D eigenvalue weighted by Crippen LogP contribution is -2.36. The van der Waals surface area contributed by atoms with E-state index in [1.807, 2.05) is 7.05 Å². The molecule has 1 aromatic carbocycles. The summed E-state index contributed by atoms with van der Waals surface area (Å²) in [6.45, 7) is 1.58. The van der Waals surface area contributed by atoms with E-state index in [4.69, 9.17) is 0 Å². The third-order valence-corrected chi connectivity index (χ3v) is 3.38. The molecule has 1 heterocycles. The smallest absolute Gasteiger partial charge is 0.227 e. The lowest BCUT2D eigenvalue weighted by molar-refractivity contribution is -0.121. The van der Waals surface area contributed by atoms with Crippen molar-refractivity contribution in [3.8, 4) is 0 Å². The van der Waals surface area contributed by atoms with Crippen LogP contribution in [0.15, 0.2) is 12.1 Å². The fourth-order valence-corrected chi connectivity index (χ4v) is 2.13. The fourth-order valence-electron chi connectivity index (χ4n) is 2.13. The van der Waals surface area contributed by atoms with Crippen molar-refractivity contribution in [1.29, 1.82) is 0 Å². The summed E-state index contributed by atoms with van der Waals surface area (Å²) in [5.74, 6) is -4.76. The number of hydrogen-bond donors (Lipinski definition) is 1. The highest BCUT2D eigenvalue weighted by atomic mass is 19.2. The number of rotatable bonds is 2. The molecule has 1 aliphatic heterocycles. The summed E-state index contributed by atoms with van der Waals surface area (Å²) in [6.07, 6.45) is 1.35. The number of piperidine rings is 1. The molecule has 1 amide bonds. The molecule has 0 bridgehead atoms. The Kier molecular flexibility index (Phi) is 4.09. The van der Waals surface area contributed by atoms with Crippen LogP contribution in [0.5, 0.6) is 0 Å². The van der Waals surface area contributed by atoms with Gasteiger partial charge in [-0.05, 0) is 45.1 Å². The predicted molar refractivity (Wildman–Crippen MR) is 65.2 cm³/mol.